The van der Waals surface area contributed by atoms with Crippen molar-refractivity contribution in [1.82, 2.24) is 5.32 Å². The van der Waals surface area contributed by atoms with Crippen molar-refractivity contribution in [2.24, 2.45) is 0 Å². The number of benzene rings is 1. The Labute approximate surface area is 114 Å². The standard InChI is InChI=1S/C14H22N2OS/c1-4-5-8-16-14(17)11(3)18-13-7-6-12(15)9-10(13)2/h6-7,9,11H,4-5,8,15H2,1-3H3,(H,16,17). The molecule has 1 rings (SSSR count). The van der Waals surface area contributed by atoms with E-state index in [0.29, 0.717) is 0 Å². The number of thioether (sulfide) groups is 1. The maximum atomic E-state index is 11.8. The molecule has 0 radical (unpaired) electrons. The van der Waals surface area contributed by atoms with Gasteiger partial charge in [-0.05, 0) is 44.0 Å². The number of carbonyl (C=O) groups is 1. The molecule has 0 saturated heterocycles. The lowest BCUT2D eigenvalue weighted by atomic mass is 10.2. The zero-order valence-electron chi connectivity index (χ0n) is 11.3. The summed E-state index contributed by atoms with van der Waals surface area (Å²) in [5.41, 5.74) is 7.59. The molecule has 3 nitrogen and oxygen atoms in total. The van der Waals surface area contributed by atoms with Crippen molar-refractivity contribution in [1.29, 1.82) is 0 Å². The van der Waals surface area contributed by atoms with Crippen LogP contribution in [0.25, 0.3) is 0 Å². The Hall–Kier alpha value is -1.16. The SMILES string of the molecule is CCCCNC(=O)C(C)Sc1ccc(N)cc1C. The van der Waals surface area contributed by atoms with E-state index in [9.17, 15) is 4.79 Å². The van der Waals surface area contributed by atoms with E-state index >= 15 is 0 Å². The first kappa shape index (κ1) is 14.9. The van der Waals surface area contributed by atoms with Crippen LogP contribution in [0.15, 0.2) is 23.1 Å². The number of nitrogen functional groups attached to an aromatic ring is 1. The predicted molar refractivity (Wildman–Crippen MR) is 78.8 cm³/mol. The molecule has 1 aromatic carbocycles. The number of anilines is 1. The molecule has 1 unspecified atom stereocenters. The molecule has 4 heteroatoms. The Morgan fingerprint density at radius 1 is 1.50 bits per heavy atom. The van der Waals surface area contributed by atoms with Crippen molar-refractivity contribution in [3.63, 3.8) is 0 Å². The van der Waals surface area contributed by atoms with Gasteiger partial charge in [-0.1, -0.05) is 13.3 Å². The molecule has 0 aliphatic rings. The average molecular weight is 266 g/mol. The van der Waals surface area contributed by atoms with Crippen LogP contribution in [0.4, 0.5) is 5.69 Å². The second-order valence-electron chi connectivity index (χ2n) is 4.43. The van der Waals surface area contributed by atoms with Crippen molar-refractivity contribution < 1.29 is 4.79 Å². The first-order valence-electron chi connectivity index (χ1n) is 6.35. The fraction of sp³-hybridized carbons (Fsp3) is 0.500. The highest BCUT2D eigenvalue weighted by Crippen LogP contribution is 2.27. The van der Waals surface area contributed by atoms with E-state index in [0.717, 1.165) is 35.5 Å². The van der Waals surface area contributed by atoms with E-state index in [-0.39, 0.29) is 11.2 Å². The van der Waals surface area contributed by atoms with E-state index in [4.69, 9.17) is 5.73 Å². The van der Waals surface area contributed by atoms with Gasteiger partial charge in [0.2, 0.25) is 5.91 Å². The zero-order chi connectivity index (χ0) is 13.5. The third kappa shape index (κ3) is 4.61. The lowest BCUT2D eigenvalue weighted by Crippen LogP contribution is -2.31. The number of rotatable bonds is 6. The van der Waals surface area contributed by atoms with Crippen LogP contribution in [0, 0.1) is 6.92 Å². The molecule has 1 aromatic rings. The summed E-state index contributed by atoms with van der Waals surface area (Å²) in [5, 5.41) is 2.87. The van der Waals surface area contributed by atoms with Gasteiger partial charge in [0.15, 0.2) is 0 Å². The molecule has 0 spiro atoms. The maximum absolute atomic E-state index is 11.8. The van der Waals surface area contributed by atoms with Gasteiger partial charge in [0.05, 0.1) is 5.25 Å². The van der Waals surface area contributed by atoms with Gasteiger partial charge in [-0.15, -0.1) is 11.8 Å². The molecule has 0 heterocycles. The summed E-state index contributed by atoms with van der Waals surface area (Å²) in [6, 6.07) is 5.78. The number of amides is 1. The predicted octanol–water partition coefficient (Wildman–Crippen LogP) is 2.97. The van der Waals surface area contributed by atoms with E-state index in [1.807, 2.05) is 32.0 Å². The summed E-state index contributed by atoms with van der Waals surface area (Å²) in [6.45, 7) is 6.82. The maximum Gasteiger partial charge on any atom is 0.233 e. The van der Waals surface area contributed by atoms with Gasteiger partial charge in [0, 0.05) is 17.1 Å². The molecule has 0 aliphatic heterocycles. The van der Waals surface area contributed by atoms with Crippen molar-refractivity contribution >= 4 is 23.4 Å². The molecule has 0 fully saturated rings. The van der Waals surface area contributed by atoms with Crippen LogP contribution in [-0.4, -0.2) is 17.7 Å². The number of nitrogens with one attached hydrogen (secondary N) is 1. The van der Waals surface area contributed by atoms with Crippen LogP contribution >= 0.6 is 11.8 Å². The smallest absolute Gasteiger partial charge is 0.233 e. The number of unbranched alkanes of at least 4 members (excludes halogenated alkanes) is 1. The quantitative estimate of drug-likeness (QED) is 0.473. The van der Waals surface area contributed by atoms with Gasteiger partial charge in [0.25, 0.3) is 0 Å². The monoisotopic (exact) mass is 266 g/mol. The van der Waals surface area contributed by atoms with Gasteiger partial charge in [-0.2, -0.15) is 0 Å². The molecular weight excluding hydrogens is 244 g/mol. The fourth-order valence-electron chi connectivity index (χ4n) is 1.58. The topological polar surface area (TPSA) is 55.1 Å². The summed E-state index contributed by atoms with van der Waals surface area (Å²) in [6.07, 6.45) is 2.13. The Bertz CT molecular complexity index is 407. The molecule has 1 atom stereocenters. The number of hydrogen-bond donors (Lipinski definition) is 2. The highest BCUT2D eigenvalue weighted by atomic mass is 32.2. The fourth-order valence-corrected chi connectivity index (χ4v) is 2.54. The van der Waals surface area contributed by atoms with Gasteiger partial charge in [-0.3, -0.25) is 4.79 Å². The summed E-state index contributed by atoms with van der Waals surface area (Å²) in [7, 11) is 0. The van der Waals surface area contributed by atoms with Crippen LogP contribution in [0.5, 0.6) is 0 Å². The molecule has 0 bridgehead atoms. The molecule has 0 aromatic heterocycles. The van der Waals surface area contributed by atoms with Crippen molar-refractivity contribution in [2.75, 3.05) is 12.3 Å². The third-order valence-corrected chi connectivity index (χ3v) is 3.98. The van der Waals surface area contributed by atoms with Crippen LogP contribution in [0.3, 0.4) is 0 Å². The van der Waals surface area contributed by atoms with Crippen LogP contribution < -0.4 is 11.1 Å². The Balaban J connectivity index is 2.53. The second kappa shape index (κ2) is 7.31. The Morgan fingerprint density at radius 2 is 2.22 bits per heavy atom. The van der Waals surface area contributed by atoms with E-state index in [1.165, 1.54) is 0 Å². The number of carbonyl (C=O) groups excluding carboxylic acids is 1. The highest BCUT2D eigenvalue weighted by molar-refractivity contribution is 8.00. The van der Waals surface area contributed by atoms with Gasteiger partial charge in [0.1, 0.15) is 0 Å². The minimum atomic E-state index is -0.0795. The molecule has 100 valence electrons. The van der Waals surface area contributed by atoms with Gasteiger partial charge in [-0.25, -0.2) is 0 Å². The number of hydrogen-bond acceptors (Lipinski definition) is 3. The Kier molecular flexibility index (Phi) is 6.05. The summed E-state index contributed by atoms with van der Waals surface area (Å²) < 4.78 is 0. The van der Waals surface area contributed by atoms with Crippen LogP contribution in [0.2, 0.25) is 0 Å². The molecule has 3 N–H and O–H groups in total. The van der Waals surface area contributed by atoms with E-state index < -0.39 is 0 Å². The summed E-state index contributed by atoms with van der Waals surface area (Å²) in [4.78, 5) is 13.0. The summed E-state index contributed by atoms with van der Waals surface area (Å²) in [5.74, 6) is 0.102. The zero-order valence-corrected chi connectivity index (χ0v) is 12.1. The van der Waals surface area contributed by atoms with Gasteiger partial charge >= 0.3 is 0 Å². The van der Waals surface area contributed by atoms with Crippen LogP contribution in [-0.2, 0) is 4.79 Å². The van der Waals surface area contributed by atoms with Crippen molar-refractivity contribution in [3.8, 4) is 0 Å². The normalized spacial score (nSPS) is 12.2. The lowest BCUT2D eigenvalue weighted by Gasteiger charge is -2.13. The lowest BCUT2D eigenvalue weighted by molar-refractivity contribution is -0.120. The van der Waals surface area contributed by atoms with Gasteiger partial charge < -0.3 is 11.1 Å². The molecule has 18 heavy (non-hydrogen) atoms. The number of nitrogens with two attached hydrogens (primary N) is 1. The Morgan fingerprint density at radius 3 is 2.83 bits per heavy atom. The second-order valence-corrected chi connectivity index (χ2v) is 5.81. The molecule has 0 aliphatic carbocycles. The van der Waals surface area contributed by atoms with E-state index in [2.05, 4.69) is 12.2 Å². The largest absolute Gasteiger partial charge is 0.399 e. The van der Waals surface area contributed by atoms with E-state index in [1.54, 1.807) is 11.8 Å². The molecular formula is C14H22N2OS. The minimum Gasteiger partial charge on any atom is -0.399 e. The number of aryl methyl sites for hydroxylation is 1. The van der Waals surface area contributed by atoms with Crippen molar-refractivity contribution in [2.45, 2.75) is 43.8 Å². The first-order valence-corrected chi connectivity index (χ1v) is 7.23. The average Bonchev–Trinajstić information content (AvgIpc) is 2.32. The molecule has 0 saturated carbocycles. The first-order chi connectivity index (χ1) is 8.54. The highest BCUT2D eigenvalue weighted by Gasteiger charge is 2.14. The summed E-state index contributed by atoms with van der Waals surface area (Å²) >= 11 is 1.58. The molecule has 1 amide bonds. The minimum absolute atomic E-state index is 0.0795. The third-order valence-electron chi connectivity index (χ3n) is 2.70. The van der Waals surface area contributed by atoms with Crippen molar-refractivity contribution in [3.05, 3.63) is 23.8 Å². The van der Waals surface area contributed by atoms with Crippen LogP contribution in [0.1, 0.15) is 32.3 Å².